The Labute approximate surface area is 107 Å². The largest absolute Gasteiger partial charge is 1.00 e. The first-order chi connectivity index (χ1) is 6.16. The fraction of sp³-hybridized carbons (Fsp3) is 0. The molecular formula is C8H4ClNaO4. The second-order valence-corrected chi connectivity index (χ2v) is 2.35. The summed E-state index contributed by atoms with van der Waals surface area (Å²) in [6, 6.07) is 5.49. The number of carboxylic acid groups (broad SMARTS) is 1. The van der Waals surface area contributed by atoms with Crippen molar-refractivity contribution in [3.8, 4) is 0 Å². The third-order valence-corrected chi connectivity index (χ3v) is 1.58. The molecule has 0 bridgehead atoms. The van der Waals surface area contributed by atoms with Crippen LogP contribution >= 0.6 is 11.9 Å². The van der Waals surface area contributed by atoms with Crippen molar-refractivity contribution in [1.29, 1.82) is 0 Å². The minimum absolute atomic E-state index is 0. The van der Waals surface area contributed by atoms with Gasteiger partial charge in [0.2, 0.25) is 0 Å². The Bertz CT molecular complexity index is 353. The van der Waals surface area contributed by atoms with E-state index >= 15 is 0 Å². The summed E-state index contributed by atoms with van der Waals surface area (Å²) in [6.07, 6.45) is 0. The van der Waals surface area contributed by atoms with Crippen LogP contribution in [0.1, 0.15) is 20.7 Å². The number of carboxylic acids is 1. The van der Waals surface area contributed by atoms with Crippen molar-refractivity contribution in [2.45, 2.75) is 0 Å². The molecule has 0 atom stereocenters. The minimum atomic E-state index is -1.45. The normalized spacial score (nSPS) is 8.64. The molecule has 14 heavy (non-hydrogen) atoms. The van der Waals surface area contributed by atoms with Gasteiger partial charge in [0, 0.05) is 5.56 Å². The summed E-state index contributed by atoms with van der Waals surface area (Å²) in [5.74, 6) is -2.36. The summed E-state index contributed by atoms with van der Waals surface area (Å²) < 4.78 is 3.87. The molecule has 4 nitrogen and oxygen atoms in total. The van der Waals surface area contributed by atoms with Crippen LogP contribution in [-0.2, 0) is 4.29 Å². The monoisotopic (exact) mass is 222 g/mol. The number of carbonyl (C=O) groups excluding carboxylic acids is 2. The van der Waals surface area contributed by atoms with E-state index < -0.39 is 11.9 Å². The van der Waals surface area contributed by atoms with Crippen molar-refractivity contribution in [3.05, 3.63) is 35.4 Å². The topological polar surface area (TPSA) is 66.4 Å². The number of hydrogen-bond acceptors (Lipinski definition) is 4. The molecule has 0 saturated heterocycles. The van der Waals surface area contributed by atoms with Gasteiger partial charge in [0.15, 0.2) is 0 Å². The molecule has 0 spiro atoms. The molecule has 0 unspecified atom stereocenters. The van der Waals surface area contributed by atoms with E-state index in [9.17, 15) is 14.7 Å². The fourth-order valence-electron chi connectivity index (χ4n) is 0.881. The Hall–Kier alpha value is -0.550. The van der Waals surface area contributed by atoms with Crippen LogP contribution in [0, 0.1) is 0 Å². The van der Waals surface area contributed by atoms with Crippen molar-refractivity contribution in [2.24, 2.45) is 0 Å². The summed E-state index contributed by atoms with van der Waals surface area (Å²) in [7, 11) is 0. The Balaban J connectivity index is 0.00000169. The van der Waals surface area contributed by atoms with Gasteiger partial charge in [0.25, 0.3) is 0 Å². The molecule has 0 aromatic heterocycles. The zero-order valence-electron chi connectivity index (χ0n) is 7.32. The van der Waals surface area contributed by atoms with E-state index in [4.69, 9.17) is 11.9 Å². The molecule has 0 aliphatic carbocycles. The summed E-state index contributed by atoms with van der Waals surface area (Å²) in [5.41, 5.74) is -0.370. The second kappa shape index (κ2) is 6.03. The van der Waals surface area contributed by atoms with Gasteiger partial charge in [-0.15, -0.1) is 0 Å². The Morgan fingerprint density at radius 1 is 1.21 bits per heavy atom. The first-order valence-electron chi connectivity index (χ1n) is 3.30. The maximum absolute atomic E-state index is 10.9. The van der Waals surface area contributed by atoms with Crippen molar-refractivity contribution < 1.29 is 48.5 Å². The molecule has 0 amide bonds. The van der Waals surface area contributed by atoms with Gasteiger partial charge >= 0.3 is 35.5 Å². The van der Waals surface area contributed by atoms with Gasteiger partial charge in [0.1, 0.15) is 11.9 Å². The predicted octanol–water partition coefficient (Wildman–Crippen LogP) is -2.64. The number of rotatable bonds is 2. The first-order valence-corrected chi connectivity index (χ1v) is 3.61. The number of hydrogen-bond donors (Lipinski definition) is 0. The van der Waals surface area contributed by atoms with Gasteiger partial charge in [-0.2, -0.15) is 0 Å². The summed E-state index contributed by atoms with van der Waals surface area (Å²) in [5, 5.41) is 10.5. The van der Waals surface area contributed by atoms with Crippen molar-refractivity contribution in [2.75, 3.05) is 0 Å². The second-order valence-electron chi connectivity index (χ2n) is 2.20. The maximum Gasteiger partial charge on any atom is 1.00 e. The molecule has 68 valence electrons. The molecule has 0 N–H and O–H groups in total. The summed E-state index contributed by atoms with van der Waals surface area (Å²) in [6.45, 7) is 0. The van der Waals surface area contributed by atoms with Crippen LogP contribution in [0.5, 0.6) is 0 Å². The number of benzene rings is 1. The van der Waals surface area contributed by atoms with E-state index in [0.29, 0.717) is 0 Å². The SMILES string of the molecule is O=C([O-])c1ccccc1C(=O)OCl.[Na+]. The molecular weight excluding hydrogens is 219 g/mol. The summed E-state index contributed by atoms with van der Waals surface area (Å²) in [4.78, 5) is 21.4. The molecule has 0 heterocycles. The predicted molar refractivity (Wildman–Crippen MR) is 42.0 cm³/mol. The third-order valence-electron chi connectivity index (χ3n) is 1.44. The van der Waals surface area contributed by atoms with Gasteiger partial charge in [-0.05, 0) is 6.07 Å². The molecule has 1 aromatic carbocycles. The van der Waals surface area contributed by atoms with Crippen LogP contribution in [0.4, 0.5) is 0 Å². The van der Waals surface area contributed by atoms with Gasteiger partial charge < -0.3 is 14.2 Å². The molecule has 1 aromatic rings. The third kappa shape index (κ3) is 2.99. The van der Waals surface area contributed by atoms with E-state index in [1.807, 2.05) is 0 Å². The van der Waals surface area contributed by atoms with Crippen LogP contribution < -0.4 is 34.7 Å². The molecule has 1 rings (SSSR count). The smallest absolute Gasteiger partial charge is 0.545 e. The fourth-order valence-corrected chi connectivity index (χ4v) is 0.964. The average Bonchev–Trinajstić information content (AvgIpc) is 2.16. The number of aromatic carboxylic acids is 1. The first kappa shape index (κ1) is 13.4. The zero-order chi connectivity index (χ0) is 9.84. The van der Waals surface area contributed by atoms with Crippen molar-refractivity contribution in [3.63, 3.8) is 0 Å². The van der Waals surface area contributed by atoms with Crippen LogP contribution in [-0.4, -0.2) is 11.9 Å². The van der Waals surface area contributed by atoms with Gasteiger partial charge in [0.05, 0.1) is 11.5 Å². The Morgan fingerprint density at radius 2 is 1.71 bits per heavy atom. The minimum Gasteiger partial charge on any atom is -0.545 e. The van der Waals surface area contributed by atoms with Gasteiger partial charge in [-0.25, -0.2) is 4.79 Å². The zero-order valence-corrected chi connectivity index (χ0v) is 10.1. The molecule has 0 aliphatic heterocycles. The number of halogens is 1. The molecule has 0 radical (unpaired) electrons. The van der Waals surface area contributed by atoms with E-state index in [-0.39, 0.29) is 40.7 Å². The van der Waals surface area contributed by atoms with Gasteiger partial charge in [-0.3, -0.25) is 0 Å². The van der Waals surface area contributed by atoms with Crippen LogP contribution in [0.15, 0.2) is 24.3 Å². The van der Waals surface area contributed by atoms with Crippen LogP contribution in [0.3, 0.4) is 0 Å². The average molecular weight is 223 g/mol. The molecule has 0 saturated carbocycles. The summed E-state index contributed by atoms with van der Waals surface area (Å²) >= 11 is 4.80. The van der Waals surface area contributed by atoms with Crippen molar-refractivity contribution in [1.82, 2.24) is 0 Å². The standard InChI is InChI=1S/C8H5ClO4.Na/c9-13-8(12)6-4-2-1-3-5(6)7(10)11;/h1-4H,(H,10,11);/q;+1/p-1. The Morgan fingerprint density at radius 3 is 2.14 bits per heavy atom. The van der Waals surface area contributed by atoms with Crippen LogP contribution in [0.25, 0.3) is 0 Å². The van der Waals surface area contributed by atoms with Crippen LogP contribution in [0.2, 0.25) is 0 Å². The molecule has 0 aliphatic rings. The molecule has 0 fully saturated rings. The molecule has 6 heteroatoms. The van der Waals surface area contributed by atoms with E-state index in [1.165, 1.54) is 24.3 Å². The van der Waals surface area contributed by atoms with E-state index in [1.54, 1.807) is 0 Å². The quantitative estimate of drug-likeness (QED) is 0.514. The number of carbonyl (C=O) groups is 2. The van der Waals surface area contributed by atoms with E-state index in [0.717, 1.165) is 0 Å². The maximum atomic E-state index is 10.9. The van der Waals surface area contributed by atoms with Gasteiger partial charge in [-0.1, -0.05) is 18.2 Å². The Kier molecular flexibility index (Phi) is 5.79. The van der Waals surface area contributed by atoms with E-state index in [2.05, 4.69) is 4.29 Å². The van der Waals surface area contributed by atoms with Crippen molar-refractivity contribution >= 4 is 23.8 Å².